The molecule has 0 bridgehead atoms. The third-order valence-electron chi connectivity index (χ3n) is 8.02. The van der Waals surface area contributed by atoms with Gasteiger partial charge in [0.05, 0.1) is 42.7 Å². The van der Waals surface area contributed by atoms with Crippen molar-refractivity contribution in [1.82, 2.24) is 0 Å². The van der Waals surface area contributed by atoms with E-state index in [1.807, 2.05) is 24.3 Å². The van der Waals surface area contributed by atoms with Crippen molar-refractivity contribution in [1.29, 1.82) is 5.26 Å². The summed E-state index contributed by atoms with van der Waals surface area (Å²) in [6, 6.07) is 9.85. The fourth-order valence-electron chi connectivity index (χ4n) is 5.73. The number of allylic oxidation sites excluding steroid dienone is 3. The zero-order valence-corrected chi connectivity index (χ0v) is 25.8. The standard InChI is InChI=1S/C33H40N2O7/c1-33(2,3)21-13-20(10-18-11-24(36-4)30(40-8)25(12-18)37-5)29-22(16-21)28(23(17-34)32(35)42-29)19-14-26(38-6)31(41-9)27(15-19)39-7/h10-12,14-15,21,28H,13,16,35H2,1-9H3/b20-10+. The van der Waals surface area contributed by atoms with Gasteiger partial charge in [-0.3, -0.25) is 0 Å². The maximum absolute atomic E-state index is 10.3. The number of hydrogen-bond donors (Lipinski definition) is 1. The van der Waals surface area contributed by atoms with Gasteiger partial charge in [0.15, 0.2) is 23.0 Å². The van der Waals surface area contributed by atoms with E-state index in [9.17, 15) is 5.26 Å². The summed E-state index contributed by atoms with van der Waals surface area (Å²) < 4.78 is 39.9. The van der Waals surface area contributed by atoms with Crippen molar-refractivity contribution in [3.05, 3.63) is 63.8 Å². The largest absolute Gasteiger partial charge is 0.493 e. The first-order valence-corrected chi connectivity index (χ1v) is 13.7. The predicted octanol–water partition coefficient (Wildman–Crippen LogP) is 6.34. The summed E-state index contributed by atoms with van der Waals surface area (Å²) in [4.78, 5) is 0. The highest BCUT2D eigenvalue weighted by atomic mass is 16.5. The zero-order valence-electron chi connectivity index (χ0n) is 25.8. The van der Waals surface area contributed by atoms with Crippen LogP contribution in [0.5, 0.6) is 34.5 Å². The first-order valence-electron chi connectivity index (χ1n) is 13.7. The van der Waals surface area contributed by atoms with E-state index in [4.69, 9.17) is 38.9 Å². The number of ether oxygens (including phenoxy) is 7. The molecule has 9 nitrogen and oxygen atoms in total. The Morgan fingerprint density at radius 1 is 0.810 bits per heavy atom. The van der Waals surface area contributed by atoms with Gasteiger partial charge in [-0.2, -0.15) is 5.26 Å². The Morgan fingerprint density at radius 2 is 1.31 bits per heavy atom. The lowest BCUT2D eigenvalue weighted by molar-refractivity contribution is 0.200. The van der Waals surface area contributed by atoms with E-state index >= 15 is 0 Å². The van der Waals surface area contributed by atoms with Crippen molar-refractivity contribution in [3.63, 3.8) is 0 Å². The van der Waals surface area contributed by atoms with Crippen LogP contribution in [0.15, 0.2) is 52.6 Å². The first kappa shape index (κ1) is 30.5. The number of nitriles is 1. The smallest absolute Gasteiger partial charge is 0.205 e. The van der Waals surface area contributed by atoms with E-state index in [1.54, 1.807) is 42.7 Å². The molecule has 2 atom stereocenters. The normalized spacial score (nSPS) is 19.5. The van der Waals surface area contributed by atoms with Gasteiger partial charge in [-0.25, -0.2) is 0 Å². The lowest BCUT2D eigenvalue weighted by Gasteiger charge is -2.41. The molecule has 0 radical (unpaired) electrons. The Morgan fingerprint density at radius 3 is 1.74 bits per heavy atom. The van der Waals surface area contributed by atoms with E-state index < -0.39 is 5.92 Å². The second-order valence-corrected chi connectivity index (χ2v) is 11.3. The van der Waals surface area contributed by atoms with Crippen molar-refractivity contribution in [2.75, 3.05) is 42.7 Å². The Balaban J connectivity index is 1.99. The lowest BCUT2D eigenvalue weighted by Crippen LogP contribution is -2.31. The summed E-state index contributed by atoms with van der Waals surface area (Å²) in [6.07, 6.45) is 3.52. The van der Waals surface area contributed by atoms with E-state index in [0.29, 0.717) is 52.3 Å². The highest BCUT2D eigenvalue weighted by Crippen LogP contribution is 2.53. The molecule has 2 N–H and O–H groups in total. The van der Waals surface area contributed by atoms with Crippen molar-refractivity contribution in [3.8, 4) is 40.6 Å². The molecule has 2 unspecified atom stereocenters. The Hall–Kier alpha value is -4.45. The molecule has 224 valence electrons. The van der Waals surface area contributed by atoms with Crippen LogP contribution in [0.2, 0.25) is 0 Å². The number of nitrogens with two attached hydrogens (primary N) is 1. The molecule has 0 saturated heterocycles. The molecule has 0 saturated carbocycles. The molecular weight excluding hydrogens is 536 g/mol. The van der Waals surface area contributed by atoms with Crippen LogP contribution in [0.25, 0.3) is 6.08 Å². The minimum absolute atomic E-state index is 0.0355. The second kappa shape index (κ2) is 12.2. The summed E-state index contributed by atoms with van der Waals surface area (Å²) >= 11 is 0. The molecule has 42 heavy (non-hydrogen) atoms. The van der Waals surface area contributed by atoms with Crippen molar-refractivity contribution >= 4 is 6.08 Å². The Labute approximate surface area is 248 Å². The van der Waals surface area contributed by atoms with Crippen LogP contribution in [0.4, 0.5) is 0 Å². The third kappa shape index (κ3) is 5.54. The average Bonchev–Trinajstić information content (AvgIpc) is 2.98. The molecule has 1 aliphatic carbocycles. The van der Waals surface area contributed by atoms with Crippen LogP contribution in [-0.4, -0.2) is 42.7 Å². The summed E-state index contributed by atoms with van der Waals surface area (Å²) in [7, 11) is 9.45. The Kier molecular flexibility index (Phi) is 8.86. The van der Waals surface area contributed by atoms with Gasteiger partial charge in [0.25, 0.3) is 0 Å². The minimum Gasteiger partial charge on any atom is -0.493 e. The van der Waals surface area contributed by atoms with Gasteiger partial charge >= 0.3 is 0 Å². The number of rotatable bonds is 8. The van der Waals surface area contributed by atoms with Crippen molar-refractivity contribution in [2.24, 2.45) is 17.1 Å². The maximum Gasteiger partial charge on any atom is 0.205 e. The van der Waals surface area contributed by atoms with Gasteiger partial charge in [-0.15, -0.1) is 0 Å². The summed E-state index contributed by atoms with van der Waals surface area (Å²) in [5, 5.41) is 10.3. The Bertz CT molecular complexity index is 1440. The van der Waals surface area contributed by atoms with Gasteiger partial charge in [0.2, 0.25) is 17.4 Å². The highest BCUT2D eigenvalue weighted by molar-refractivity contribution is 5.68. The fraction of sp³-hybridized carbons (Fsp3) is 0.424. The highest BCUT2D eigenvalue weighted by Gasteiger charge is 2.41. The molecule has 4 rings (SSSR count). The molecular formula is C33H40N2O7. The molecule has 0 amide bonds. The van der Waals surface area contributed by atoms with Gasteiger partial charge < -0.3 is 38.9 Å². The third-order valence-corrected chi connectivity index (χ3v) is 8.02. The van der Waals surface area contributed by atoms with E-state index in [1.165, 1.54) is 0 Å². The van der Waals surface area contributed by atoms with Gasteiger partial charge in [0.1, 0.15) is 17.4 Å². The molecule has 9 heteroatoms. The van der Waals surface area contributed by atoms with Crippen molar-refractivity contribution < 1.29 is 33.2 Å². The summed E-state index contributed by atoms with van der Waals surface area (Å²) in [6.45, 7) is 6.69. The lowest BCUT2D eigenvalue weighted by atomic mass is 9.66. The molecule has 0 aromatic heterocycles. The SMILES string of the molecule is COc1cc(/C=C2\CC(C(C)(C)C)CC3=C2OC(N)=C(C#N)C3c2cc(OC)c(OC)c(OC)c2)cc(OC)c1OC. The molecule has 1 aliphatic heterocycles. The molecule has 0 spiro atoms. The van der Waals surface area contributed by atoms with Crippen LogP contribution in [0.1, 0.15) is 50.7 Å². The van der Waals surface area contributed by atoms with Crippen molar-refractivity contribution in [2.45, 2.75) is 39.5 Å². The van der Waals surface area contributed by atoms with Crippen LogP contribution in [-0.2, 0) is 4.74 Å². The number of hydrogen-bond acceptors (Lipinski definition) is 9. The summed E-state index contributed by atoms with van der Waals surface area (Å²) in [5.41, 5.74) is 10.3. The first-order chi connectivity index (χ1) is 20.0. The molecule has 1 heterocycles. The molecule has 0 fully saturated rings. The van der Waals surface area contributed by atoms with Crippen LogP contribution >= 0.6 is 0 Å². The average molecular weight is 577 g/mol. The van der Waals surface area contributed by atoms with Crippen LogP contribution < -0.4 is 34.2 Å². The zero-order chi connectivity index (χ0) is 30.8. The summed E-state index contributed by atoms with van der Waals surface area (Å²) in [5.74, 6) is 3.58. The number of benzene rings is 2. The number of methoxy groups -OCH3 is 6. The molecule has 2 aromatic carbocycles. The van der Waals surface area contributed by atoms with Crippen LogP contribution in [0.3, 0.4) is 0 Å². The van der Waals surface area contributed by atoms with Gasteiger partial charge in [-0.1, -0.05) is 20.8 Å². The topological polar surface area (TPSA) is 114 Å². The van der Waals surface area contributed by atoms with Gasteiger partial charge in [0, 0.05) is 5.92 Å². The second-order valence-electron chi connectivity index (χ2n) is 11.3. The molecule has 2 aliphatic rings. The van der Waals surface area contributed by atoms with E-state index in [0.717, 1.165) is 28.7 Å². The van der Waals surface area contributed by atoms with Gasteiger partial charge in [-0.05, 0) is 76.8 Å². The maximum atomic E-state index is 10.3. The number of nitrogens with zero attached hydrogens (tertiary/aromatic N) is 1. The van der Waals surface area contributed by atoms with E-state index in [-0.39, 0.29) is 17.2 Å². The predicted molar refractivity (Wildman–Crippen MR) is 160 cm³/mol. The minimum atomic E-state index is -0.471. The van der Waals surface area contributed by atoms with Crippen LogP contribution in [0, 0.1) is 22.7 Å². The fourth-order valence-corrected chi connectivity index (χ4v) is 5.73. The van der Waals surface area contributed by atoms with E-state index in [2.05, 4.69) is 32.9 Å². The molecule has 2 aromatic rings. The quantitative estimate of drug-likeness (QED) is 0.384. The monoisotopic (exact) mass is 576 g/mol.